The van der Waals surface area contributed by atoms with Crippen LogP contribution >= 0.6 is 11.8 Å². The van der Waals surface area contributed by atoms with Crippen molar-refractivity contribution in [3.05, 3.63) is 41.7 Å². The van der Waals surface area contributed by atoms with Crippen LogP contribution in [-0.2, 0) is 9.53 Å². The average molecular weight is 344 g/mol. The zero-order chi connectivity index (χ0) is 16.8. The van der Waals surface area contributed by atoms with Crippen LogP contribution in [0.4, 0.5) is 0 Å². The van der Waals surface area contributed by atoms with Gasteiger partial charge in [0.05, 0.1) is 17.3 Å². The maximum atomic E-state index is 10.3. The van der Waals surface area contributed by atoms with Gasteiger partial charge in [0.1, 0.15) is 6.23 Å². The van der Waals surface area contributed by atoms with Crippen LogP contribution in [0.1, 0.15) is 36.6 Å². The number of hydrogen-bond donors (Lipinski definition) is 1. The molecule has 1 unspecified atom stereocenters. The standard InChI is InChI=1S/C17H20N4O2S/c1-13-5-6-15(8-14(13)9-18-19-12-22)24-16-10-20-21(11-16)17-4-2-3-7-23-17/h5-6,8-12,17H,2-4,7H2,1H3,(H,19,22)/b18-9-. The molecule has 1 aromatic carbocycles. The van der Waals surface area contributed by atoms with E-state index < -0.39 is 0 Å². The van der Waals surface area contributed by atoms with Gasteiger partial charge in [0.15, 0.2) is 0 Å². The van der Waals surface area contributed by atoms with Gasteiger partial charge in [-0.05, 0) is 49.4 Å². The third kappa shape index (κ3) is 4.24. The predicted octanol–water partition coefficient (Wildman–Crippen LogP) is 3.12. The van der Waals surface area contributed by atoms with Crippen molar-refractivity contribution in [1.29, 1.82) is 0 Å². The quantitative estimate of drug-likeness (QED) is 0.497. The second-order valence-corrected chi connectivity index (χ2v) is 6.75. The average Bonchev–Trinajstić information content (AvgIpc) is 3.07. The van der Waals surface area contributed by atoms with Gasteiger partial charge in [-0.3, -0.25) is 4.79 Å². The summed E-state index contributed by atoms with van der Waals surface area (Å²) in [6.07, 6.45) is 9.48. The van der Waals surface area contributed by atoms with Gasteiger partial charge in [-0.2, -0.15) is 10.2 Å². The monoisotopic (exact) mass is 344 g/mol. The molecule has 7 heteroatoms. The molecule has 0 radical (unpaired) electrons. The molecule has 0 aliphatic carbocycles. The van der Waals surface area contributed by atoms with Gasteiger partial charge in [0, 0.05) is 17.7 Å². The summed E-state index contributed by atoms with van der Waals surface area (Å²) in [4.78, 5) is 12.4. The summed E-state index contributed by atoms with van der Waals surface area (Å²) in [5.74, 6) is 0. The zero-order valence-electron chi connectivity index (χ0n) is 13.5. The fourth-order valence-electron chi connectivity index (χ4n) is 2.56. The molecule has 1 amide bonds. The summed E-state index contributed by atoms with van der Waals surface area (Å²) in [5.41, 5.74) is 4.36. The number of aromatic nitrogens is 2. The Morgan fingerprint density at radius 1 is 1.42 bits per heavy atom. The van der Waals surface area contributed by atoms with Crippen molar-refractivity contribution < 1.29 is 9.53 Å². The molecule has 1 aromatic heterocycles. The summed E-state index contributed by atoms with van der Waals surface area (Å²) in [6.45, 7) is 2.82. The number of benzene rings is 1. The number of hydrazone groups is 1. The van der Waals surface area contributed by atoms with Crippen molar-refractivity contribution in [1.82, 2.24) is 15.2 Å². The first-order valence-electron chi connectivity index (χ1n) is 7.93. The highest BCUT2D eigenvalue weighted by atomic mass is 32.2. The number of amides is 1. The molecule has 2 aromatic rings. The Morgan fingerprint density at radius 3 is 3.12 bits per heavy atom. The van der Waals surface area contributed by atoms with E-state index in [2.05, 4.69) is 21.7 Å². The first kappa shape index (κ1) is 16.7. The summed E-state index contributed by atoms with van der Waals surface area (Å²) >= 11 is 1.64. The summed E-state index contributed by atoms with van der Waals surface area (Å²) in [7, 11) is 0. The van der Waals surface area contributed by atoms with Gasteiger partial charge in [0.25, 0.3) is 0 Å². The van der Waals surface area contributed by atoms with Crippen molar-refractivity contribution in [2.24, 2.45) is 5.10 Å². The van der Waals surface area contributed by atoms with E-state index in [1.807, 2.05) is 36.1 Å². The number of carbonyl (C=O) groups is 1. The summed E-state index contributed by atoms with van der Waals surface area (Å²) < 4.78 is 7.66. The molecule has 1 fully saturated rings. The van der Waals surface area contributed by atoms with E-state index in [0.29, 0.717) is 6.41 Å². The van der Waals surface area contributed by atoms with E-state index in [4.69, 9.17) is 4.74 Å². The molecule has 126 valence electrons. The number of carbonyl (C=O) groups excluding carboxylic acids is 1. The third-order valence-electron chi connectivity index (χ3n) is 3.85. The lowest BCUT2D eigenvalue weighted by Gasteiger charge is -2.22. The van der Waals surface area contributed by atoms with Crippen LogP contribution in [0.2, 0.25) is 0 Å². The maximum Gasteiger partial charge on any atom is 0.227 e. The predicted molar refractivity (Wildman–Crippen MR) is 93.2 cm³/mol. The Bertz CT molecular complexity index is 723. The largest absolute Gasteiger partial charge is 0.357 e. The Morgan fingerprint density at radius 2 is 2.33 bits per heavy atom. The zero-order valence-corrected chi connectivity index (χ0v) is 14.3. The number of aryl methyl sites for hydroxylation is 1. The van der Waals surface area contributed by atoms with E-state index in [1.54, 1.807) is 18.0 Å². The SMILES string of the molecule is Cc1ccc(Sc2cnn(C3CCCCO3)c2)cc1/C=N\NC=O. The van der Waals surface area contributed by atoms with E-state index in [1.165, 1.54) is 6.42 Å². The topological polar surface area (TPSA) is 68.5 Å². The molecule has 0 saturated carbocycles. The lowest BCUT2D eigenvalue weighted by molar-refractivity contribution is -0.109. The molecule has 1 atom stereocenters. The highest BCUT2D eigenvalue weighted by molar-refractivity contribution is 7.99. The summed E-state index contributed by atoms with van der Waals surface area (Å²) in [5, 5.41) is 8.28. The van der Waals surface area contributed by atoms with Crippen LogP contribution < -0.4 is 5.43 Å². The van der Waals surface area contributed by atoms with Crippen LogP contribution in [0.15, 0.2) is 45.5 Å². The molecule has 0 spiro atoms. The summed E-state index contributed by atoms with van der Waals surface area (Å²) in [6, 6.07) is 6.16. The molecule has 3 rings (SSSR count). The van der Waals surface area contributed by atoms with Gasteiger partial charge in [-0.25, -0.2) is 10.1 Å². The Labute approximate surface area is 145 Å². The van der Waals surface area contributed by atoms with E-state index in [9.17, 15) is 4.79 Å². The molecule has 2 heterocycles. The second kappa shape index (κ2) is 8.12. The van der Waals surface area contributed by atoms with Gasteiger partial charge in [-0.1, -0.05) is 17.8 Å². The number of nitrogens with zero attached hydrogens (tertiary/aromatic N) is 3. The van der Waals surface area contributed by atoms with Gasteiger partial charge >= 0.3 is 0 Å². The van der Waals surface area contributed by atoms with Crippen LogP contribution in [0.5, 0.6) is 0 Å². The fraction of sp³-hybridized carbons (Fsp3) is 0.353. The third-order valence-corrected chi connectivity index (χ3v) is 4.78. The number of hydrogen-bond acceptors (Lipinski definition) is 5. The number of rotatable bonds is 6. The van der Waals surface area contributed by atoms with Crippen molar-refractivity contribution in [2.45, 2.75) is 42.2 Å². The Balaban J connectivity index is 1.70. The fourth-order valence-corrected chi connectivity index (χ4v) is 3.41. The molecule has 24 heavy (non-hydrogen) atoms. The van der Waals surface area contributed by atoms with Crippen LogP contribution in [0.3, 0.4) is 0 Å². The molecule has 1 N–H and O–H groups in total. The lowest BCUT2D eigenvalue weighted by atomic mass is 10.1. The number of ether oxygens (including phenoxy) is 1. The molecular formula is C17H20N4O2S. The molecule has 1 saturated heterocycles. The van der Waals surface area contributed by atoms with E-state index in [0.717, 1.165) is 40.4 Å². The highest BCUT2D eigenvalue weighted by Gasteiger charge is 2.16. The first-order chi connectivity index (χ1) is 11.8. The minimum absolute atomic E-state index is 0.0585. The minimum atomic E-state index is 0.0585. The molecule has 0 bridgehead atoms. The molecule has 6 nitrogen and oxygen atoms in total. The Hall–Kier alpha value is -2.12. The first-order valence-corrected chi connectivity index (χ1v) is 8.74. The molecule has 1 aliphatic rings. The van der Waals surface area contributed by atoms with Crippen molar-refractivity contribution in [3.8, 4) is 0 Å². The minimum Gasteiger partial charge on any atom is -0.357 e. The smallest absolute Gasteiger partial charge is 0.227 e. The van der Waals surface area contributed by atoms with Crippen molar-refractivity contribution in [2.75, 3.05) is 6.61 Å². The normalized spacial score (nSPS) is 18.0. The number of nitrogens with one attached hydrogen (secondary N) is 1. The highest BCUT2D eigenvalue weighted by Crippen LogP contribution is 2.30. The molecule has 1 aliphatic heterocycles. The van der Waals surface area contributed by atoms with Crippen molar-refractivity contribution >= 4 is 24.4 Å². The van der Waals surface area contributed by atoms with Crippen molar-refractivity contribution in [3.63, 3.8) is 0 Å². The molecular weight excluding hydrogens is 324 g/mol. The van der Waals surface area contributed by atoms with Crippen LogP contribution in [0.25, 0.3) is 0 Å². The van der Waals surface area contributed by atoms with E-state index in [-0.39, 0.29) is 6.23 Å². The maximum absolute atomic E-state index is 10.3. The Kier molecular flexibility index (Phi) is 5.66. The van der Waals surface area contributed by atoms with Gasteiger partial charge < -0.3 is 4.74 Å². The van der Waals surface area contributed by atoms with Crippen LogP contribution in [-0.4, -0.2) is 29.0 Å². The second-order valence-electron chi connectivity index (χ2n) is 5.60. The van der Waals surface area contributed by atoms with Gasteiger partial charge in [0.2, 0.25) is 6.41 Å². The van der Waals surface area contributed by atoms with E-state index >= 15 is 0 Å². The van der Waals surface area contributed by atoms with Crippen LogP contribution in [0, 0.1) is 6.92 Å². The van der Waals surface area contributed by atoms with Gasteiger partial charge in [-0.15, -0.1) is 0 Å². The lowest BCUT2D eigenvalue weighted by Crippen LogP contribution is -2.18.